The van der Waals surface area contributed by atoms with Gasteiger partial charge in [-0.15, -0.1) is 0 Å². The summed E-state index contributed by atoms with van der Waals surface area (Å²) in [7, 11) is 2.71. The Morgan fingerprint density at radius 3 is 1.80 bits per heavy atom. The predicted octanol–water partition coefficient (Wildman–Crippen LogP) is 5.27. The van der Waals surface area contributed by atoms with Gasteiger partial charge in [0.15, 0.2) is 5.82 Å². The maximum absolute atomic E-state index is 13.6. The zero-order chi connectivity index (χ0) is 38.7. The van der Waals surface area contributed by atoms with Crippen molar-refractivity contribution >= 4 is 24.0 Å². The first-order valence-electron chi connectivity index (χ1n) is 18.3. The van der Waals surface area contributed by atoms with Crippen molar-refractivity contribution in [3.8, 4) is 33.9 Å². The third-order valence-corrected chi connectivity index (χ3v) is 10.3. The Kier molecular flexibility index (Phi) is 11.3. The summed E-state index contributed by atoms with van der Waals surface area (Å²) < 4.78 is 4.74. The van der Waals surface area contributed by atoms with Crippen LogP contribution in [-0.2, 0) is 14.3 Å². The Morgan fingerprint density at radius 2 is 1.30 bits per heavy atom. The molecule has 1 unspecified atom stereocenters. The molecular weight excluding hydrogens is 692 g/mol. The van der Waals surface area contributed by atoms with Gasteiger partial charge < -0.3 is 34.9 Å². The lowest BCUT2D eigenvalue weighted by atomic mass is 10.0. The fourth-order valence-electron chi connectivity index (χ4n) is 7.41. The van der Waals surface area contributed by atoms with Crippen LogP contribution in [0.5, 0.6) is 0 Å². The van der Waals surface area contributed by atoms with E-state index in [0.717, 1.165) is 53.0 Å². The molecule has 0 aliphatic carbocycles. The lowest BCUT2D eigenvalue weighted by Gasteiger charge is -2.33. The smallest absolute Gasteiger partial charge is 0.407 e. The van der Waals surface area contributed by atoms with E-state index in [-0.39, 0.29) is 35.7 Å². The molecule has 2 fully saturated rings. The first-order chi connectivity index (χ1) is 25.9. The van der Waals surface area contributed by atoms with E-state index in [1.54, 1.807) is 34.6 Å². The number of amides is 4. The zero-order valence-electron chi connectivity index (χ0n) is 31.4. The standard InChI is InChI=1S/C38H48N10O6/c1-21(2)30(45-37(51)54-6)35(49)47-15-7-9-28(47)33-41-19-26(43-33)23-11-13-24(14-12-23)32-39-17-25(18-40-32)27-20-42-34(44-27)29-10-8-16-48(29)36(50)31(22(3)4)46(5)38(52)53/h11-14,17-22,28-31H,7-10,15-16H2,1-6H3,(H,41,43)(H,42,44)(H,45,51)(H,52,53)/t28?,29-,30-,31-/m0/s1. The van der Waals surface area contributed by atoms with Gasteiger partial charge in [-0.3, -0.25) is 14.5 Å². The number of carbonyl (C=O) groups excluding carboxylic acids is 3. The van der Waals surface area contributed by atoms with Crippen molar-refractivity contribution in [1.82, 2.24) is 49.9 Å². The number of aromatic amines is 2. The molecule has 54 heavy (non-hydrogen) atoms. The molecule has 0 radical (unpaired) electrons. The number of alkyl carbamates (subject to hydrolysis) is 1. The Balaban J connectivity index is 1.11. The molecule has 16 nitrogen and oxygen atoms in total. The summed E-state index contributed by atoms with van der Waals surface area (Å²) in [4.78, 5) is 80.5. The number of carbonyl (C=O) groups is 4. The normalized spacial score (nSPS) is 18.2. The van der Waals surface area contributed by atoms with Gasteiger partial charge in [0.25, 0.3) is 0 Å². The molecule has 4 amide bonds. The molecule has 5 heterocycles. The molecule has 4 aromatic rings. The Bertz CT molecular complexity index is 1960. The number of carboxylic acid groups (broad SMARTS) is 1. The van der Waals surface area contributed by atoms with Gasteiger partial charge in [-0.2, -0.15) is 0 Å². The number of ether oxygens (including phenoxy) is 1. The molecule has 2 aliphatic heterocycles. The average Bonchev–Trinajstić information content (AvgIpc) is 4.00. The summed E-state index contributed by atoms with van der Waals surface area (Å²) in [5.74, 6) is 1.19. The monoisotopic (exact) mass is 740 g/mol. The maximum Gasteiger partial charge on any atom is 0.407 e. The molecule has 3 aromatic heterocycles. The molecular formula is C38H48N10O6. The highest BCUT2D eigenvalue weighted by atomic mass is 16.5. The van der Waals surface area contributed by atoms with Crippen molar-refractivity contribution in [1.29, 1.82) is 0 Å². The number of imidazole rings is 2. The van der Waals surface area contributed by atoms with Crippen LogP contribution in [0.1, 0.15) is 77.1 Å². The lowest BCUT2D eigenvalue weighted by molar-refractivity contribution is -0.138. The molecule has 1 aromatic carbocycles. The van der Waals surface area contributed by atoms with E-state index in [9.17, 15) is 24.3 Å². The number of nitrogens with zero attached hydrogens (tertiary/aromatic N) is 7. The summed E-state index contributed by atoms with van der Waals surface area (Å²) in [6.45, 7) is 8.58. The minimum absolute atomic E-state index is 0.117. The lowest BCUT2D eigenvalue weighted by Crippen LogP contribution is -2.51. The minimum atomic E-state index is -1.14. The fraction of sp³-hybridized carbons (Fsp3) is 0.474. The van der Waals surface area contributed by atoms with Crippen molar-refractivity contribution < 1.29 is 29.0 Å². The van der Waals surface area contributed by atoms with Crippen molar-refractivity contribution in [2.75, 3.05) is 27.2 Å². The van der Waals surface area contributed by atoms with Crippen LogP contribution in [0.25, 0.3) is 33.9 Å². The number of rotatable bonds is 11. The van der Waals surface area contributed by atoms with Crippen LogP contribution in [-0.4, -0.2) is 113 Å². The van der Waals surface area contributed by atoms with Gasteiger partial charge >= 0.3 is 12.2 Å². The minimum Gasteiger partial charge on any atom is -0.465 e. The van der Waals surface area contributed by atoms with Crippen LogP contribution in [0, 0.1) is 11.8 Å². The summed E-state index contributed by atoms with van der Waals surface area (Å²) in [5.41, 5.74) is 4.00. The van der Waals surface area contributed by atoms with E-state index in [4.69, 9.17) is 4.74 Å². The van der Waals surface area contributed by atoms with Gasteiger partial charge in [-0.05, 0) is 43.1 Å². The topological polar surface area (TPSA) is 203 Å². The number of H-pyrrole nitrogens is 2. The van der Waals surface area contributed by atoms with Crippen LogP contribution >= 0.6 is 0 Å². The highest BCUT2D eigenvalue weighted by Gasteiger charge is 2.40. The second-order valence-electron chi connectivity index (χ2n) is 14.6. The van der Waals surface area contributed by atoms with Crippen LogP contribution < -0.4 is 5.32 Å². The first kappa shape index (κ1) is 37.9. The van der Waals surface area contributed by atoms with E-state index in [1.807, 2.05) is 52.0 Å². The van der Waals surface area contributed by atoms with Crippen molar-refractivity contribution in [2.24, 2.45) is 11.8 Å². The number of hydrogen-bond acceptors (Lipinski definition) is 9. The Labute approximate surface area is 313 Å². The molecule has 16 heteroatoms. The second kappa shape index (κ2) is 16.1. The van der Waals surface area contributed by atoms with Crippen molar-refractivity contribution in [2.45, 2.75) is 77.5 Å². The van der Waals surface area contributed by atoms with Gasteiger partial charge in [0.1, 0.15) is 23.7 Å². The van der Waals surface area contributed by atoms with E-state index in [1.165, 1.54) is 14.2 Å². The Morgan fingerprint density at radius 1 is 0.778 bits per heavy atom. The van der Waals surface area contributed by atoms with Gasteiger partial charge in [0.2, 0.25) is 11.8 Å². The first-order valence-corrected chi connectivity index (χ1v) is 18.3. The number of likely N-dealkylation sites (tertiary alicyclic amines) is 2. The number of hydrogen-bond donors (Lipinski definition) is 4. The SMILES string of the molecule is COC(=O)N[C@H](C(=O)N1CCCC1c1ncc(-c2ccc(-c3ncc(-c4cnc([C@@H]5CCCN5C(=O)[C@H](C(C)C)N(C)C(=O)O)[nH]4)cn3)cc2)[nH]1)C(C)C. The largest absolute Gasteiger partial charge is 0.465 e. The van der Waals surface area contributed by atoms with Crippen molar-refractivity contribution in [3.63, 3.8) is 0 Å². The molecule has 2 aliphatic rings. The number of methoxy groups -OCH3 is 1. The summed E-state index contributed by atoms with van der Waals surface area (Å²) in [6.07, 6.45) is 8.25. The fourth-order valence-corrected chi connectivity index (χ4v) is 7.41. The molecule has 286 valence electrons. The maximum atomic E-state index is 13.6. The Hall–Kier alpha value is -5.80. The van der Waals surface area contributed by atoms with Crippen LogP contribution in [0.15, 0.2) is 49.1 Å². The van der Waals surface area contributed by atoms with Crippen LogP contribution in [0.3, 0.4) is 0 Å². The van der Waals surface area contributed by atoms with Gasteiger partial charge in [-0.25, -0.2) is 29.5 Å². The van der Waals surface area contributed by atoms with E-state index in [0.29, 0.717) is 36.3 Å². The number of likely N-dealkylation sites (N-methyl/N-ethyl adjacent to an activating group) is 1. The number of nitrogens with one attached hydrogen (secondary N) is 3. The molecule has 6 rings (SSSR count). The van der Waals surface area contributed by atoms with Crippen molar-refractivity contribution in [3.05, 3.63) is 60.7 Å². The molecule has 0 spiro atoms. The third-order valence-electron chi connectivity index (χ3n) is 10.3. The van der Waals surface area contributed by atoms with E-state index < -0.39 is 24.3 Å². The average molecular weight is 741 g/mol. The van der Waals surface area contributed by atoms with Gasteiger partial charge in [0.05, 0.1) is 43.0 Å². The van der Waals surface area contributed by atoms with E-state index >= 15 is 0 Å². The molecule has 0 bridgehead atoms. The predicted molar refractivity (Wildman–Crippen MR) is 199 cm³/mol. The molecule has 4 N–H and O–H groups in total. The van der Waals surface area contributed by atoms with Crippen LogP contribution in [0.2, 0.25) is 0 Å². The number of aromatic nitrogens is 6. The molecule has 0 saturated carbocycles. The highest BCUT2D eigenvalue weighted by molar-refractivity contribution is 5.87. The zero-order valence-corrected chi connectivity index (χ0v) is 31.4. The van der Waals surface area contributed by atoms with Gasteiger partial charge in [0, 0.05) is 43.7 Å². The second-order valence-corrected chi connectivity index (χ2v) is 14.6. The number of benzene rings is 1. The summed E-state index contributed by atoms with van der Waals surface area (Å²) in [6, 6.07) is 5.80. The summed E-state index contributed by atoms with van der Waals surface area (Å²) >= 11 is 0. The third kappa shape index (κ3) is 7.77. The quantitative estimate of drug-likeness (QED) is 0.157. The molecule has 4 atom stereocenters. The molecule has 2 saturated heterocycles. The van der Waals surface area contributed by atoms with E-state index in [2.05, 4.69) is 35.2 Å². The van der Waals surface area contributed by atoms with Crippen LogP contribution in [0.4, 0.5) is 9.59 Å². The summed E-state index contributed by atoms with van der Waals surface area (Å²) in [5, 5.41) is 12.2. The van der Waals surface area contributed by atoms with Gasteiger partial charge in [-0.1, -0.05) is 52.0 Å². The highest BCUT2D eigenvalue weighted by Crippen LogP contribution is 2.35.